The number of para-hydroxylation sites is 1. The number of alkyl halides is 1. The van der Waals surface area contributed by atoms with E-state index in [-0.39, 0.29) is 11.9 Å². The molecule has 4 nitrogen and oxygen atoms in total. The van der Waals surface area contributed by atoms with Crippen molar-refractivity contribution in [1.29, 1.82) is 0 Å². The molecule has 1 atom stereocenters. The molecule has 0 amide bonds. The number of hydrogen-bond acceptors (Lipinski definition) is 4. The molecule has 1 aromatic carbocycles. The second kappa shape index (κ2) is 6.24. The van der Waals surface area contributed by atoms with Crippen LogP contribution in [0, 0.1) is 0 Å². The van der Waals surface area contributed by atoms with Crippen LogP contribution in [-0.2, 0) is 14.6 Å². The van der Waals surface area contributed by atoms with E-state index in [1.54, 1.807) is 19.1 Å². The molecule has 0 saturated carbocycles. The summed E-state index contributed by atoms with van der Waals surface area (Å²) in [6.45, 7) is 3.73. The fourth-order valence-electron chi connectivity index (χ4n) is 2.17. The summed E-state index contributed by atoms with van der Waals surface area (Å²) in [5, 5.41) is 0.756. The third kappa shape index (κ3) is 3.30. The number of sulfone groups is 1. The molecular formula is C13H18BrNO3S. The van der Waals surface area contributed by atoms with Gasteiger partial charge in [-0.15, -0.1) is 0 Å². The molecule has 1 aromatic rings. The van der Waals surface area contributed by atoms with Crippen LogP contribution in [0.3, 0.4) is 0 Å². The van der Waals surface area contributed by atoms with Gasteiger partial charge < -0.3 is 9.64 Å². The lowest BCUT2D eigenvalue weighted by Crippen LogP contribution is -2.43. The third-order valence-corrected chi connectivity index (χ3v) is 5.73. The summed E-state index contributed by atoms with van der Waals surface area (Å²) < 4.78 is 29.9. The van der Waals surface area contributed by atoms with Crippen LogP contribution in [0.1, 0.15) is 6.92 Å². The number of nitrogens with zero attached hydrogens (tertiary/aromatic N) is 1. The molecule has 0 bridgehead atoms. The quantitative estimate of drug-likeness (QED) is 0.782. The van der Waals surface area contributed by atoms with E-state index in [1.165, 1.54) is 0 Å². The number of benzene rings is 1. The van der Waals surface area contributed by atoms with Gasteiger partial charge >= 0.3 is 0 Å². The van der Waals surface area contributed by atoms with E-state index in [1.807, 2.05) is 12.1 Å². The second-order valence-corrected chi connectivity index (χ2v) is 7.36. The van der Waals surface area contributed by atoms with Crippen LogP contribution in [0.15, 0.2) is 29.2 Å². The Morgan fingerprint density at radius 2 is 2.16 bits per heavy atom. The lowest BCUT2D eigenvalue weighted by atomic mass is 10.2. The SMILES string of the molecule is CCS(=O)(=O)c1ccccc1N1CCOC(CBr)C1. The molecule has 1 heterocycles. The van der Waals surface area contributed by atoms with Crippen molar-refractivity contribution in [3.05, 3.63) is 24.3 Å². The maximum Gasteiger partial charge on any atom is 0.180 e. The molecule has 0 N–H and O–H groups in total. The molecule has 6 heteroatoms. The fraction of sp³-hybridized carbons (Fsp3) is 0.538. The van der Waals surface area contributed by atoms with Crippen molar-refractivity contribution in [3.63, 3.8) is 0 Å². The van der Waals surface area contributed by atoms with Gasteiger partial charge in [0.1, 0.15) is 0 Å². The summed E-state index contributed by atoms with van der Waals surface area (Å²) in [6, 6.07) is 7.21. The molecular weight excluding hydrogens is 330 g/mol. The van der Waals surface area contributed by atoms with E-state index in [4.69, 9.17) is 4.74 Å². The number of morpholine rings is 1. The van der Waals surface area contributed by atoms with E-state index in [9.17, 15) is 8.42 Å². The molecule has 1 aliphatic rings. The highest BCUT2D eigenvalue weighted by Gasteiger charge is 2.24. The van der Waals surface area contributed by atoms with E-state index in [2.05, 4.69) is 20.8 Å². The topological polar surface area (TPSA) is 46.6 Å². The lowest BCUT2D eigenvalue weighted by molar-refractivity contribution is 0.0569. The third-order valence-electron chi connectivity index (χ3n) is 3.23. The molecule has 19 heavy (non-hydrogen) atoms. The van der Waals surface area contributed by atoms with Gasteiger partial charge in [0, 0.05) is 18.4 Å². The van der Waals surface area contributed by atoms with Gasteiger partial charge in [-0.05, 0) is 12.1 Å². The predicted molar refractivity (Wildman–Crippen MR) is 79.9 cm³/mol. The van der Waals surface area contributed by atoms with Crippen molar-refractivity contribution >= 4 is 31.5 Å². The molecule has 0 aliphatic carbocycles. The predicted octanol–water partition coefficient (Wildman–Crippen LogP) is 2.08. The Morgan fingerprint density at radius 1 is 1.42 bits per heavy atom. The van der Waals surface area contributed by atoms with E-state index < -0.39 is 9.84 Å². The summed E-state index contributed by atoms with van der Waals surface area (Å²) in [4.78, 5) is 2.52. The van der Waals surface area contributed by atoms with Gasteiger partial charge in [0.15, 0.2) is 9.84 Å². The van der Waals surface area contributed by atoms with Crippen molar-refractivity contribution in [3.8, 4) is 0 Å². The Morgan fingerprint density at radius 3 is 2.84 bits per heavy atom. The summed E-state index contributed by atoms with van der Waals surface area (Å²) in [6.07, 6.45) is 0.103. The molecule has 0 aromatic heterocycles. The average Bonchev–Trinajstić information content (AvgIpc) is 2.47. The van der Waals surface area contributed by atoms with Crippen LogP contribution < -0.4 is 4.90 Å². The van der Waals surface area contributed by atoms with Crippen molar-refractivity contribution in [1.82, 2.24) is 0 Å². The first-order valence-electron chi connectivity index (χ1n) is 6.32. The van der Waals surface area contributed by atoms with Gasteiger partial charge in [0.2, 0.25) is 0 Å². The van der Waals surface area contributed by atoms with Crippen LogP contribution in [0.2, 0.25) is 0 Å². The average molecular weight is 348 g/mol. The molecule has 1 unspecified atom stereocenters. The first kappa shape index (κ1) is 14.8. The first-order valence-corrected chi connectivity index (χ1v) is 9.10. The summed E-state index contributed by atoms with van der Waals surface area (Å²) in [5.74, 6) is 0.121. The second-order valence-electron chi connectivity index (χ2n) is 4.46. The normalized spacial score (nSPS) is 20.5. The van der Waals surface area contributed by atoms with Crippen LogP contribution in [0.4, 0.5) is 5.69 Å². The number of anilines is 1. The number of hydrogen-bond donors (Lipinski definition) is 0. The van der Waals surface area contributed by atoms with Crippen LogP contribution in [0.25, 0.3) is 0 Å². The van der Waals surface area contributed by atoms with E-state index >= 15 is 0 Å². The van der Waals surface area contributed by atoms with Crippen LogP contribution in [-0.4, -0.2) is 45.3 Å². The smallest absolute Gasteiger partial charge is 0.180 e. The van der Waals surface area contributed by atoms with Gasteiger partial charge in [-0.2, -0.15) is 0 Å². The Labute approximate surface area is 122 Å². The maximum atomic E-state index is 12.1. The molecule has 1 fully saturated rings. The minimum atomic E-state index is -3.20. The number of rotatable bonds is 4. The van der Waals surface area contributed by atoms with Crippen molar-refractivity contribution in [2.24, 2.45) is 0 Å². The Balaban J connectivity index is 2.35. The summed E-state index contributed by atoms with van der Waals surface area (Å²) in [5.41, 5.74) is 0.790. The minimum Gasteiger partial charge on any atom is -0.374 e. The highest BCUT2D eigenvalue weighted by atomic mass is 79.9. The molecule has 1 aliphatic heterocycles. The lowest BCUT2D eigenvalue weighted by Gasteiger charge is -2.34. The van der Waals surface area contributed by atoms with Crippen molar-refractivity contribution in [2.45, 2.75) is 17.9 Å². The summed E-state index contributed by atoms with van der Waals surface area (Å²) in [7, 11) is -3.20. The van der Waals surface area contributed by atoms with E-state index in [0.29, 0.717) is 18.0 Å². The zero-order valence-corrected chi connectivity index (χ0v) is 13.3. The Bertz CT molecular complexity index is 532. The molecule has 1 saturated heterocycles. The highest BCUT2D eigenvalue weighted by Crippen LogP contribution is 2.27. The highest BCUT2D eigenvalue weighted by molar-refractivity contribution is 9.09. The molecule has 0 spiro atoms. The standard InChI is InChI=1S/C13H18BrNO3S/c1-2-19(16,17)13-6-4-3-5-12(13)15-7-8-18-11(9-14)10-15/h3-6,11H,2,7-10H2,1H3. The Hall–Kier alpha value is -0.590. The van der Waals surface area contributed by atoms with Crippen LogP contribution in [0.5, 0.6) is 0 Å². The monoisotopic (exact) mass is 347 g/mol. The van der Waals surface area contributed by atoms with Gasteiger partial charge in [-0.3, -0.25) is 0 Å². The number of ether oxygens (including phenoxy) is 1. The molecule has 106 valence electrons. The van der Waals surface area contributed by atoms with Gasteiger partial charge in [0.05, 0.1) is 29.0 Å². The zero-order valence-electron chi connectivity index (χ0n) is 10.9. The van der Waals surface area contributed by atoms with Crippen LogP contribution >= 0.6 is 15.9 Å². The minimum absolute atomic E-state index is 0.103. The largest absolute Gasteiger partial charge is 0.374 e. The van der Waals surface area contributed by atoms with E-state index in [0.717, 1.165) is 17.6 Å². The summed E-state index contributed by atoms with van der Waals surface area (Å²) >= 11 is 3.41. The van der Waals surface area contributed by atoms with Gasteiger partial charge in [-0.25, -0.2) is 8.42 Å². The van der Waals surface area contributed by atoms with Gasteiger partial charge in [0.25, 0.3) is 0 Å². The van der Waals surface area contributed by atoms with Crippen molar-refractivity contribution < 1.29 is 13.2 Å². The molecule has 2 rings (SSSR count). The fourth-order valence-corrected chi connectivity index (χ4v) is 3.67. The number of halogens is 1. The maximum absolute atomic E-state index is 12.1. The zero-order chi connectivity index (χ0) is 13.9. The molecule has 0 radical (unpaired) electrons. The Kier molecular flexibility index (Phi) is 4.86. The van der Waals surface area contributed by atoms with Crippen molar-refractivity contribution in [2.75, 3.05) is 35.7 Å². The first-order chi connectivity index (χ1) is 9.08. The van der Waals surface area contributed by atoms with Gasteiger partial charge in [-0.1, -0.05) is 35.0 Å².